The van der Waals surface area contributed by atoms with E-state index in [-0.39, 0.29) is 19.1 Å². The summed E-state index contributed by atoms with van der Waals surface area (Å²) in [4.78, 5) is 15.9. The summed E-state index contributed by atoms with van der Waals surface area (Å²) in [7, 11) is 0. The first-order valence-corrected chi connectivity index (χ1v) is 7.99. The molecular formula is C17H12Cl2N2O4. The number of carbonyl (C=O) groups is 1. The highest BCUT2D eigenvalue weighted by Crippen LogP contribution is 2.23. The number of para-hydroxylation sites is 1. The highest BCUT2D eigenvalue weighted by molar-refractivity contribution is 6.32. The zero-order chi connectivity index (χ0) is 17.6. The number of esters is 1. The lowest BCUT2D eigenvalue weighted by Crippen LogP contribution is -2.15. The molecule has 128 valence electrons. The molecule has 0 atom stereocenters. The quantitative estimate of drug-likeness (QED) is 0.599. The molecule has 0 bridgehead atoms. The topological polar surface area (TPSA) is 74.5 Å². The minimum absolute atomic E-state index is 0.154. The lowest BCUT2D eigenvalue weighted by molar-refractivity contribution is -0.148. The molecule has 0 fully saturated rings. The van der Waals surface area contributed by atoms with Crippen LogP contribution in [0.5, 0.6) is 5.75 Å². The Hall–Kier alpha value is -2.57. The monoisotopic (exact) mass is 378 g/mol. The molecule has 0 unspecified atom stereocenters. The van der Waals surface area contributed by atoms with E-state index < -0.39 is 5.97 Å². The Kier molecular flexibility index (Phi) is 5.53. The van der Waals surface area contributed by atoms with Crippen molar-refractivity contribution in [2.24, 2.45) is 0 Å². The number of halogens is 2. The summed E-state index contributed by atoms with van der Waals surface area (Å²) in [6, 6.07) is 13.9. The molecule has 0 amide bonds. The van der Waals surface area contributed by atoms with Crippen LogP contribution in [0.25, 0.3) is 11.4 Å². The largest absolute Gasteiger partial charge is 0.480 e. The van der Waals surface area contributed by atoms with Gasteiger partial charge in [-0.1, -0.05) is 52.6 Å². The number of aromatic nitrogens is 2. The highest BCUT2D eigenvalue weighted by Gasteiger charge is 2.12. The lowest BCUT2D eigenvalue weighted by atomic mass is 10.2. The van der Waals surface area contributed by atoms with Crippen LogP contribution >= 0.6 is 23.2 Å². The van der Waals surface area contributed by atoms with Gasteiger partial charge in [0.1, 0.15) is 5.75 Å². The van der Waals surface area contributed by atoms with Crippen LogP contribution < -0.4 is 4.74 Å². The van der Waals surface area contributed by atoms with Gasteiger partial charge in [-0.05, 0) is 24.3 Å². The van der Waals surface area contributed by atoms with Gasteiger partial charge >= 0.3 is 5.97 Å². The fourth-order valence-electron chi connectivity index (χ4n) is 1.94. The summed E-state index contributed by atoms with van der Waals surface area (Å²) in [5.74, 6) is 0.353. The van der Waals surface area contributed by atoms with Gasteiger partial charge in [0.25, 0.3) is 5.89 Å². The van der Waals surface area contributed by atoms with E-state index in [0.29, 0.717) is 27.2 Å². The van der Waals surface area contributed by atoms with Gasteiger partial charge in [0.15, 0.2) is 13.2 Å². The van der Waals surface area contributed by atoms with E-state index in [1.807, 2.05) is 0 Å². The molecule has 0 aliphatic carbocycles. The molecule has 0 aliphatic heterocycles. The van der Waals surface area contributed by atoms with Crippen LogP contribution in [0.3, 0.4) is 0 Å². The first-order chi connectivity index (χ1) is 12.1. The summed E-state index contributed by atoms with van der Waals surface area (Å²) in [6.07, 6.45) is 0. The second-order valence-electron chi connectivity index (χ2n) is 4.90. The molecular weight excluding hydrogens is 367 g/mol. The molecule has 3 rings (SSSR count). The Morgan fingerprint density at radius 1 is 1.12 bits per heavy atom. The maximum atomic E-state index is 11.7. The Balaban J connectivity index is 1.52. The van der Waals surface area contributed by atoms with Gasteiger partial charge in [0.2, 0.25) is 5.82 Å². The van der Waals surface area contributed by atoms with Crippen molar-refractivity contribution in [1.82, 2.24) is 10.1 Å². The number of nitrogens with zero attached hydrogens (tertiary/aromatic N) is 2. The average molecular weight is 379 g/mol. The smallest absolute Gasteiger partial charge is 0.344 e. The van der Waals surface area contributed by atoms with Crippen molar-refractivity contribution in [1.29, 1.82) is 0 Å². The van der Waals surface area contributed by atoms with Crippen LogP contribution in [0.15, 0.2) is 53.1 Å². The summed E-state index contributed by atoms with van der Waals surface area (Å²) in [5, 5.41) is 4.80. The van der Waals surface area contributed by atoms with E-state index in [1.165, 1.54) is 0 Å². The van der Waals surface area contributed by atoms with Gasteiger partial charge in [-0.3, -0.25) is 0 Å². The molecule has 3 aromatic rings. The van der Waals surface area contributed by atoms with E-state index in [9.17, 15) is 4.79 Å². The molecule has 8 heteroatoms. The van der Waals surface area contributed by atoms with Crippen molar-refractivity contribution in [2.45, 2.75) is 6.61 Å². The Bertz CT molecular complexity index is 882. The van der Waals surface area contributed by atoms with Gasteiger partial charge < -0.3 is 14.0 Å². The van der Waals surface area contributed by atoms with E-state index in [1.54, 1.807) is 48.5 Å². The molecule has 6 nitrogen and oxygen atoms in total. The molecule has 0 radical (unpaired) electrons. The third-order valence-corrected chi connectivity index (χ3v) is 3.64. The summed E-state index contributed by atoms with van der Waals surface area (Å²) < 4.78 is 15.4. The molecule has 2 aromatic carbocycles. The first-order valence-electron chi connectivity index (χ1n) is 7.23. The number of rotatable bonds is 6. The predicted molar refractivity (Wildman–Crippen MR) is 91.5 cm³/mol. The van der Waals surface area contributed by atoms with Gasteiger partial charge in [-0.15, -0.1) is 0 Å². The van der Waals surface area contributed by atoms with Crippen LogP contribution in [0.1, 0.15) is 5.89 Å². The number of benzene rings is 2. The fraction of sp³-hybridized carbons (Fsp3) is 0.118. The number of hydrogen-bond donors (Lipinski definition) is 0. The fourth-order valence-corrected chi connectivity index (χ4v) is 2.32. The van der Waals surface area contributed by atoms with Crippen molar-refractivity contribution in [3.05, 3.63) is 64.5 Å². The third-order valence-electron chi connectivity index (χ3n) is 3.09. The molecule has 0 aliphatic rings. The van der Waals surface area contributed by atoms with E-state index in [2.05, 4.69) is 10.1 Å². The molecule has 25 heavy (non-hydrogen) atoms. The van der Waals surface area contributed by atoms with Crippen molar-refractivity contribution in [2.75, 3.05) is 6.61 Å². The van der Waals surface area contributed by atoms with Gasteiger partial charge in [0, 0.05) is 10.6 Å². The van der Waals surface area contributed by atoms with Crippen LogP contribution in [0.2, 0.25) is 10.0 Å². The van der Waals surface area contributed by atoms with Crippen molar-refractivity contribution < 1.29 is 18.8 Å². The van der Waals surface area contributed by atoms with Gasteiger partial charge in [-0.25, -0.2) is 4.79 Å². The van der Waals surface area contributed by atoms with Crippen LogP contribution in [-0.4, -0.2) is 22.7 Å². The summed E-state index contributed by atoms with van der Waals surface area (Å²) >= 11 is 11.9. The Morgan fingerprint density at radius 2 is 1.96 bits per heavy atom. The maximum absolute atomic E-state index is 11.7. The first kappa shape index (κ1) is 17.3. The highest BCUT2D eigenvalue weighted by atomic mass is 35.5. The summed E-state index contributed by atoms with van der Waals surface area (Å²) in [5.41, 5.74) is 0.705. The van der Waals surface area contributed by atoms with Crippen molar-refractivity contribution >= 4 is 29.2 Å². The normalized spacial score (nSPS) is 10.5. The summed E-state index contributed by atoms with van der Waals surface area (Å²) in [6.45, 7) is -0.433. The van der Waals surface area contributed by atoms with E-state index in [0.717, 1.165) is 0 Å². The zero-order valence-electron chi connectivity index (χ0n) is 12.8. The lowest BCUT2D eigenvalue weighted by Gasteiger charge is -2.06. The molecule has 0 saturated carbocycles. The molecule has 0 saturated heterocycles. The average Bonchev–Trinajstić information content (AvgIpc) is 3.08. The minimum atomic E-state index is -0.581. The van der Waals surface area contributed by atoms with Crippen LogP contribution in [-0.2, 0) is 16.1 Å². The Labute approximate surface area is 153 Å². The van der Waals surface area contributed by atoms with E-state index in [4.69, 9.17) is 37.2 Å². The molecule has 1 heterocycles. The second kappa shape index (κ2) is 8.00. The SMILES string of the molecule is O=C(COc1ccccc1Cl)OCc1nc(-c2cccc(Cl)c2)no1. The minimum Gasteiger partial charge on any atom is -0.480 e. The molecule has 0 spiro atoms. The maximum Gasteiger partial charge on any atom is 0.344 e. The number of hydrogen-bond acceptors (Lipinski definition) is 6. The number of ether oxygens (including phenoxy) is 2. The van der Waals surface area contributed by atoms with Gasteiger partial charge in [0.05, 0.1) is 5.02 Å². The van der Waals surface area contributed by atoms with E-state index >= 15 is 0 Å². The number of carbonyl (C=O) groups excluding carboxylic acids is 1. The second-order valence-corrected chi connectivity index (χ2v) is 5.75. The zero-order valence-corrected chi connectivity index (χ0v) is 14.3. The van der Waals surface area contributed by atoms with Crippen molar-refractivity contribution in [3.63, 3.8) is 0 Å². The predicted octanol–water partition coefficient (Wildman–Crippen LogP) is 4.17. The third kappa shape index (κ3) is 4.71. The molecule has 0 N–H and O–H groups in total. The van der Waals surface area contributed by atoms with Crippen molar-refractivity contribution in [3.8, 4) is 17.1 Å². The standard InChI is InChI=1S/C17H12Cl2N2O4/c18-12-5-3-4-11(8-12)17-20-15(25-21-17)9-24-16(22)10-23-14-7-2-1-6-13(14)19/h1-8H,9-10H2. The van der Waals surface area contributed by atoms with Gasteiger partial charge in [-0.2, -0.15) is 4.98 Å². The van der Waals surface area contributed by atoms with Crippen LogP contribution in [0, 0.1) is 0 Å². The molecule has 1 aromatic heterocycles. The van der Waals surface area contributed by atoms with Crippen LogP contribution in [0.4, 0.5) is 0 Å². The Morgan fingerprint density at radius 3 is 2.76 bits per heavy atom.